The minimum atomic E-state index is -0.196. The Labute approximate surface area is 147 Å². The molecule has 130 valence electrons. The first-order valence-corrected chi connectivity index (χ1v) is 8.89. The van der Waals surface area contributed by atoms with Crippen molar-refractivity contribution in [3.63, 3.8) is 0 Å². The zero-order chi connectivity index (χ0) is 17.2. The highest BCUT2D eigenvalue weighted by Crippen LogP contribution is 2.31. The van der Waals surface area contributed by atoms with E-state index in [4.69, 9.17) is 4.74 Å². The van der Waals surface area contributed by atoms with E-state index in [2.05, 4.69) is 35.4 Å². The van der Waals surface area contributed by atoms with E-state index in [1.54, 1.807) is 6.07 Å². The van der Waals surface area contributed by atoms with E-state index < -0.39 is 0 Å². The minimum absolute atomic E-state index is 0.196. The molecule has 1 fully saturated rings. The van der Waals surface area contributed by atoms with Crippen molar-refractivity contribution in [3.05, 3.63) is 59.4 Å². The summed E-state index contributed by atoms with van der Waals surface area (Å²) in [5, 5.41) is 4.78. The summed E-state index contributed by atoms with van der Waals surface area (Å²) >= 11 is 0. The summed E-state index contributed by atoms with van der Waals surface area (Å²) in [6.07, 6.45) is 2.14. The zero-order valence-electron chi connectivity index (χ0n) is 14.4. The lowest BCUT2D eigenvalue weighted by atomic mass is 10.0. The van der Waals surface area contributed by atoms with Gasteiger partial charge in [0.05, 0.1) is 5.69 Å². The minimum Gasteiger partial charge on any atom is -0.381 e. The molecule has 0 bridgehead atoms. The Balaban J connectivity index is 1.60. The van der Waals surface area contributed by atoms with Gasteiger partial charge in [0.2, 0.25) is 0 Å². The molecule has 3 nitrogen and oxygen atoms in total. The van der Waals surface area contributed by atoms with Crippen LogP contribution in [-0.4, -0.2) is 24.2 Å². The van der Waals surface area contributed by atoms with Crippen LogP contribution in [0.4, 0.5) is 4.39 Å². The number of halogens is 1. The fraction of sp³-hybridized carbons (Fsp3) is 0.333. The smallest absolute Gasteiger partial charge is 0.132 e. The summed E-state index contributed by atoms with van der Waals surface area (Å²) < 4.78 is 19.6. The summed E-state index contributed by atoms with van der Waals surface area (Å²) in [6, 6.07) is 13.9. The van der Waals surface area contributed by atoms with Crippen molar-refractivity contribution in [1.29, 1.82) is 0 Å². The molecule has 1 aliphatic rings. The van der Waals surface area contributed by atoms with Gasteiger partial charge >= 0.3 is 0 Å². The fourth-order valence-electron chi connectivity index (χ4n) is 3.58. The zero-order valence-corrected chi connectivity index (χ0v) is 14.4. The molecule has 0 unspecified atom stereocenters. The Morgan fingerprint density at radius 2 is 1.96 bits per heavy atom. The van der Waals surface area contributed by atoms with Crippen LogP contribution in [0.1, 0.15) is 24.0 Å². The van der Waals surface area contributed by atoms with Gasteiger partial charge in [0.15, 0.2) is 0 Å². The van der Waals surface area contributed by atoms with Gasteiger partial charge in [0, 0.05) is 42.3 Å². The van der Waals surface area contributed by atoms with Gasteiger partial charge in [-0.2, -0.15) is 0 Å². The molecule has 4 heteroatoms. The lowest BCUT2D eigenvalue weighted by molar-refractivity contribution is 0.0776. The highest BCUT2D eigenvalue weighted by Gasteiger charge is 2.15. The number of ether oxygens (including phenoxy) is 1. The number of aryl methyl sites for hydroxylation is 1. The number of rotatable bonds is 4. The molecule has 1 aromatic heterocycles. The van der Waals surface area contributed by atoms with Crippen molar-refractivity contribution in [3.8, 4) is 11.3 Å². The van der Waals surface area contributed by atoms with Crippen LogP contribution in [-0.2, 0) is 11.3 Å². The molecular formula is C21H23FN2O. The quantitative estimate of drug-likeness (QED) is 0.732. The third kappa shape index (κ3) is 3.32. The standard InChI is InChI=1S/C21H23FN2O/c1-14-18-12-15(13-23-16-8-10-25-11-9-16)6-7-20(18)24-21(14)17-4-2-3-5-19(17)22/h2-7,12,16,23-24H,8-11,13H2,1H3. The van der Waals surface area contributed by atoms with Gasteiger partial charge in [0.25, 0.3) is 0 Å². The Morgan fingerprint density at radius 3 is 2.76 bits per heavy atom. The Kier molecular flexibility index (Phi) is 4.55. The number of hydrogen-bond donors (Lipinski definition) is 2. The summed E-state index contributed by atoms with van der Waals surface area (Å²) in [5.41, 5.74) is 4.88. The second-order valence-corrected chi connectivity index (χ2v) is 6.75. The largest absolute Gasteiger partial charge is 0.381 e. The van der Waals surface area contributed by atoms with E-state index in [0.717, 1.165) is 54.8 Å². The lowest BCUT2D eigenvalue weighted by Gasteiger charge is -2.23. The van der Waals surface area contributed by atoms with E-state index in [1.165, 1.54) is 11.6 Å². The molecular weight excluding hydrogens is 315 g/mol. The first-order chi connectivity index (χ1) is 12.2. The maximum Gasteiger partial charge on any atom is 0.132 e. The number of nitrogens with one attached hydrogen (secondary N) is 2. The number of hydrogen-bond acceptors (Lipinski definition) is 2. The van der Waals surface area contributed by atoms with Crippen molar-refractivity contribution < 1.29 is 9.13 Å². The molecule has 1 saturated heterocycles. The number of H-pyrrole nitrogens is 1. The molecule has 0 amide bonds. The molecule has 0 radical (unpaired) electrons. The van der Waals surface area contributed by atoms with E-state index in [-0.39, 0.29) is 5.82 Å². The summed E-state index contributed by atoms with van der Waals surface area (Å²) in [5.74, 6) is -0.196. The monoisotopic (exact) mass is 338 g/mol. The molecule has 3 aromatic rings. The van der Waals surface area contributed by atoms with Crippen LogP contribution in [0.5, 0.6) is 0 Å². The second-order valence-electron chi connectivity index (χ2n) is 6.75. The Morgan fingerprint density at radius 1 is 1.16 bits per heavy atom. The number of aromatic nitrogens is 1. The average Bonchev–Trinajstić information content (AvgIpc) is 2.97. The van der Waals surface area contributed by atoms with Crippen molar-refractivity contribution >= 4 is 10.9 Å². The summed E-state index contributed by atoms with van der Waals surface area (Å²) in [6.45, 7) is 4.59. The first kappa shape index (κ1) is 16.3. The molecule has 2 N–H and O–H groups in total. The van der Waals surface area contributed by atoms with E-state index in [0.29, 0.717) is 11.6 Å². The SMILES string of the molecule is Cc1c(-c2ccccc2F)[nH]c2ccc(CNC3CCOCC3)cc12. The average molecular weight is 338 g/mol. The predicted octanol–water partition coefficient (Wildman–Crippen LogP) is 4.55. The summed E-state index contributed by atoms with van der Waals surface area (Å²) in [4.78, 5) is 3.38. The highest BCUT2D eigenvalue weighted by atomic mass is 19.1. The first-order valence-electron chi connectivity index (χ1n) is 8.89. The van der Waals surface area contributed by atoms with Crippen LogP contribution in [0.2, 0.25) is 0 Å². The van der Waals surface area contributed by atoms with Gasteiger partial charge in [-0.25, -0.2) is 4.39 Å². The van der Waals surface area contributed by atoms with Crippen LogP contribution in [0.15, 0.2) is 42.5 Å². The number of aromatic amines is 1. The molecule has 0 spiro atoms. The Bertz CT molecular complexity index is 881. The van der Waals surface area contributed by atoms with Crippen LogP contribution in [0.3, 0.4) is 0 Å². The molecule has 0 saturated carbocycles. The fourth-order valence-corrected chi connectivity index (χ4v) is 3.58. The van der Waals surface area contributed by atoms with E-state index >= 15 is 0 Å². The number of benzene rings is 2. The third-order valence-corrected chi connectivity index (χ3v) is 5.08. The van der Waals surface area contributed by atoms with Crippen molar-refractivity contribution in [2.75, 3.05) is 13.2 Å². The van der Waals surface area contributed by atoms with Crippen LogP contribution < -0.4 is 5.32 Å². The van der Waals surface area contributed by atoms with E-state index in [9.17, 15) is 4.39 Å². The van der Waals surface area contributed by atoms with Crippen molar-refractivity contribution in [1.82, 2.24) is 10.3 Å². The van der Waals surface area contributed by atoms with Gasteiger partial charge in [-0.3, -0.25) is 0 Å². The topological polar surface area (TPSA) is 37.0 Å². The maximum atomic E-state index is 14.1. The lowest BCUT2D eigenvalue weighted by Crippen LogP contribution is -2.34. The molecule has 4 rings (SSSR count). The molecule has 0 atom stereocenters. The molecule has 2 aromatic carbocycles. The van der Waals surface area contributed by atoms with Gasteiger partial charge in [-0.15, -0.1) is 0 Å². The van der Waals surface area contributed by atoms with Crippen molar-refractivity contribution in [2.45, 2.75) is 32.4 Å². The third-order valence-electron chi connectivity index (χ3n) is 5.08. The van der Waals surface area contributed by atoms with Gasteiger partial charge in [-0.05, 0) is 55.2 Å². The summed E-state index contributed by atoms with van der Waals surface area (Å²) in [7, 11) is 0. The van der Waals surface area contributed by atoms with Gasteiger partial charge in [0.1, 0.15) is 5.82 Å². The Hall–Kier alpha value is -2.17. The maximum absolute atomic E-state index is 14.1. The van der Waals surface area contributed by atoms with E-state index in [1.807, 2.05) is 12.1 Å². The molecule has 2 heterocycles. The van der Waals surface area contributed by atoms with Gasteiger partial charge < -0.3 is 15.0 Å². The number of fused-ring (bicyclic) bond motifs is 1. The van der Waals surface area contributed by atoms with Gasteiger partial charge in [-0.1, -0.05) is 18.2 Å². The highest BCUT2D eigenvalue weighted by molar-refractivity contribution is 5.91. The normalized spacial score (nSPS) is 15.8. The van der Waals surface area contributed by atoms with Crippen LogP contribution in [0, 0.1) is 12.7 Å². The van der Waals surface area contributed by atoms with Crippen LogP contribution >= 0.6 is 0 Å². The molecule has 1 aliphatic heterocycles. The predicted molar refractivity (Wildman–Crippen MR) is 99.1 cm³/mol. The molecule has 0 aliphatic carbocycles. The van der Waals surface area contributed by atoms with Crippen molar-refractivity contribution in [2.24, 2.45) is 0 Å². The second kappa shape index (κ2) is 6.98. The van der Waals surface area contributed by atoms with Crippen LogP contribution in [0.25, 0.3) is 22.2 Å². The molecule has 25 heavy (non-hydrogen) atoms.